The number of aliphatic hydroxyl groups excluding tert-OH is 1. The molecule has 1 fully saturated rings. The molecule has 0 radical (unpaired) electrons. The number of aromatic amines is 1. The van der Waals surface area contributed by atoms with Crippen molar-refractivity contribution < 1.29 is 9.90 Å². The van der Waals surface area contributed by atoms with E-state index in [4.69, 9.17) is 0 Å². The molecular weight excluding hydrogens is 388 g/mol. The number of carbonyl (C=O) groups is 1. The fourth-order valence-electron chi connectivity index (χ4n) is 5.15. The van der Waals surface area contributed by atoms with Crippen molar-refractivity contribution in [3.05, 3.63) is 60.3 Å². The molecule has 0 bridgehead atoms. The number of aryl methyl sites for hydroxylation is 1. The van der Waals surface area contributed by atoms with Crippen LogP contribution in [0.5, 0.6) is 0 Å². The zero-order chi connectivity index (χ0) is 21.2. The summed E-state index contributed by atoms with van der Waals surface area (Å²) in [5.41, 5.74) is 4.73. The number of piperazine rings is 1. The second-order valence-electron chi connectivity index (χ2n) is 8.56. The molecule has 1 saturated heterocycles. The van der Waals surface area contributed by atoms with Crippen molar-refractivity contribution in [3.8, 4) is 0 Å². The molecule has 2 aliphatic heterocycles. The number of hydrogen-bond acceptors (Lipinski definition) is 4. The lowest BCUT2D eigenvalue weighted by Crippen LogP contribution is -2.54. The number of nitrogens with zero attached hydrogens (tertiary/aromatic N) is 3. The Hall–Kier alpha value is -2.83. The first kappa shape index (κ1) is 20.1. The Morgan fingerprint density at radius 2 is 1.81 bits per heavy atom. The number of aliphatic hydroxyl groups is 1. The van der Waals surface area contributed by atoms with Crippen LogP contribution in [0.1, 0.15) is 18.4 Å². The molecule has 0 saturated carbocycles. The van der Waals surface area contributed by atoms with E-state index in [-0.39, 0.29) is 25.0 Å². The van der Waals surface area contributed by atoms with E-state index in [0.29, 0.717) is 0 Å². The van der Waals surface area contributed by atoms with Crippen molar-refractivity contribution in [2.24, 2.45) is 0 Å². The summed E-state index contributed by atoms with van der Waals surface area (Å²) in [7, 11) is 0. The molecule has 0 spiro atoms. The first-order valence-corrected chi connectivity index (χ1v) is 11.3. The predicted octanol–water partition coefficient (Wildman–Crippen LogP) is 3.02. The van der Waals surface area contributed by atoms with Crippen molar-refractivity contribution in [3.63, 3.8) is 0 Å². The van der Waals surface area contributed by atoms with Crippen LogP contribution in [0.4, 0.5) is 11.4 Å². The van der Waals surface area contributed by atoms with Gasteiger partial charge in [-0.1, -0.05) is 24.3 Å². The third-order valence-electron chi connectivity index (χ3n) is 6.71. The molecule has 2 N–H and O–H groups in total. The molecule has 5 rings (SSSR count). The van der Waals surface area contributed by atoms with Gasteiger partial charge in [-0.25, -0.2) is 0 Å². The summed E-state index contributed by atoms with van der Waals surface area (Å²) >= 11 is 0. The van der Waals surface area contributed by atoms with Gasteiger partial charge in [-0.15, -0.1) is 0 Å². The van der Waals surface area contributed by atoms with Gasteiger partial charge in [-0.05, 0) is 42.7 Å². The van der Waals surface area contributed by atoms with Gasteiger partial charge in [-0.2, -0.15) is 0 Å². The Balaban J connectivity index is 1.28. The third-order valence-corrected chi connectivity index (χ3v) is 6.71. The van der Waals surface area contributed by atoms with E-state index in [1.54, 1.807) is 0 Å². The van der Waals surface area contributed by atoms with E-state index < -0.39 is 0 Å². The maximum Gasteiger partial charge on any atom is 0.229 e. The second-order valence-corrected chi connectivity index (χ2v) is 8.56. The largest absolute Gasteiger partial charge is 0.396 e. The van der Waals surface area contributed by atoms with Crippen molar-refractivity contribution in [2.45, 2.75) is 25.3 Å². The molecule has 1 aromatic heterocycles. The first-order valence-electron chi connectivity index (χ1n) is 11.3. The van der Waals surface area contributed by atoms with Gasteiger partial charge in [-0.3, -0.25) is 9.69 Å². The Morgan fingerprint density at radius 1 is 1.00 bits per heavy atom. The normalized spacial score (nSPS) is 19.6. The molecule has 6 nitrogen and oxygen atoms in total. The number of hydrogen-bond donors (Lipinski definition) is 2. The van der Waals surface area contributed by atoms with Gasteiger partial charge in [0.15, 0.2) is 0 Å². The average Bonchev–Trinajstić information content (AvgIpc) is 3.29. The summed E-state index contributed by atoms with van der Waals surface area (Å²) in [6, 6.07) is 17.0. The fourth-order valence-corrected chi connectivity index (χ4v) is 5.15. The van der Waals surface area contributed by atoms with E-state index in [2.05, 4.69) is 45.1 Å². The van der Waals surface area contributed by atoms with Gasteiger partial charge >= 0.3 is 0 Å². The molecule has 1 unspecified atom stereocenters. The van der Waals surface area contributed by atoms with Gasteiger partial charge in [0.05, 0.1) is 13.0 Å². The number of para-hydroxylation sites is 1. The zero-order valence-corrected chi connectivity index (χ0v) is 17.8. The Labute approximate surface area is 183 Å². The number of rotatable bonds is 5. The highest BCUT2D eigenvalue weighted by Gasteiger charge is 2.32. The molecule has 162 valence electrons. The number of anilines is 2. The van der Waals surface area contributed by atoms with E-state index in [1.807, 2.05) is 29.3 Å². The minimum absolute atomic E-state index is 0.0254. The smallest absolute Gasteiger partial charge is 0.229 e. The van der Waals surface area contributed by atoms with Crippen LogP contribution in [-0.4, -0.2) is 66.3 Å². The van der Waals surface area contributed by atoms with Crippen molar-refractivity contribution in [2.75, 3.05) is 49.1 Å². The van der Waals surface area contributed by atoms with Crippen LogP contribution >= 0.6 is 0 Å². The molecule has 2 aromatic carbocycles. The summed E-state index contributed by atoms with van der Waals surface area (Å²) in [5, 5.41) is 10.6. The third kappa shape index (κ3) is 3.93. The topological polar surface area (TPSA) is 62.8 Å². The molecule has 1 amide bonds. The van der Waals surface area contributed by atoms with E-state index in [9.17, 15) is 9.90 Å². The van der Waals surface area contributed by atoms with Gasteiger partial charge in [0.2, 0.25) is 5.91 Å². The molecule has 3 aromatic rings. The Morgan fingerprint density at radius 3 is 2.65 bits per heavy atom. The molecule has 3 heterocycles. The van der Waals surface area contributed by atoms with E-state index >= 15 is 0 Å². The highest BCUT2D eigenvalue weighted by Crippen LogP contribution is 2.32. The minimum Gasteiger partial charge on any atom is -0.396 e. The van der Waals surface area contributed by atoms with Crippen molar-refractivity contribution in [1.29, 1.82) is 0 Å². The number of carbonyl (C=O) groups excluding carboxylic acids is 1. The number of aromatic nitrogens is 1. The van der Waals surface area contributed by atoms with Crippen LogP contribution in [0.3, 0.4) is 0 Å². The van der Waals surface area contributed by atoms with Crippen molar-refractivity contribution >= 4 is 28.2 Å². The lowest BCUT2D eigenvalue weighted by molar-refractivity contribution is -0.119. The molecule has 6 heteroatoms. The number of fused-ring (bicyclic) bond motifs is 2. The van der Waals surface area contributed by atoms with Gasteiger partial charge in [0, 0.05) is 67.2 Å². The lowest BCUT2D eigenvalue weighted by Gasteiger charge is -2.42. The first-order chi connectivity index (χ1) is 15.2. The monoisotopic (exact) mass is 418 g/mol. The summed E-state index contributed by atoms with van der Waals surface area (Å²) in [6.45, 7) is 4.72. The minimum atomic E-state index is -0.104. The Kier molecular flexibility index (Phi) is 5.66. The molecule has 2 aliphatic rings. The standard InChI is InChI=1S/C25H30N4O2/c30-17-11-25(31)29-20(9-8-19-4-1-2-6-23(19)29)18-27-13-15-28(16-14-27)24-7-3-5-22-21(24)10-12-26-22/h1-7,10,12,20,26,30H,8-9,11,13-18H2. The lowest BCUT2D eigenvalue weighted by atomic mass is 9.94. The molecule has 1 atom stereocenters. The summed E-state index contributed by atoms with van der Waals surface area (Å²) in [5.74, 6) is 0.0254. The van der Waals surface area contributed by atoms with Crippen LogP contribution in [0.25, 0.3) is 10.9 Å². The summed E-state index contributed by atoms with van der Waals surface area (Å²) < 4.78 is 0. The fraction of sp³-hybridized carbons (Fsp3) is 0.400. The van der Waals surface area contributed by atoms with Crippen LogP contribution in [-0.2, 0) is 11.2 Å². The van der Waals surface area contributed by atoms with Crippen LogP contribution in [0.2, 0.25) is 0 Å². The number of nitrogens with one attached hydrogen (secondary N) is 1. The number of H-pyrrole nitrogens is 1. The quantitative estimate of drug-likeness (QED) is 0.669. The van der Waals surface area contributed by atoms with E-state index in [0.717, 1.165) is 51.3 Å². The van der Waals surface area contributed by atoms with Gasteiger partial charge in [0.25, 0.3) is 0 Å². The van der Waals surface area contributed by atoms with Crippen molar-refractivity contribution in [1.82, 2.24) is 9.88 Å². The summed E-state index contributed by atoms with van der Waals surface area (Å²) in [4.78, 5) is 23.1. The van der Waals surface area contributed by atoms with Crippen LogP contribution < -0.4 is 9.80 Å². The number of amides is 1. The van der Waals surface area contributed by atoms with Gasteiger partial charge < -0.3 is 19.9 Å². The second kappa shape index (κ2) is 8.73. The predicted molar refractivity (Wildman–Crippen MR) is 125 cm³/mol. The number of benzene rings is 2. The zero-order valence-electron chi connectivity index (χ0n) is 17.8. The summed E-state index contributed by atoms with van der Waals surface area (Å²) in [6.07, 6.45) is 4.15. The SMILES string of the molecule is O=C(CCO)N1c2ccccc2CCC1CN1CCN(c2cccc3[nH]ccc23)CC1. The molecule has 31 heavy (non-hydrogen) atoms. The molecule has 0 aliphatic carbocycles. The van der Waals surface area contributed by atoms with Crippen LogP contribution in [0, 0.1) is 0 Å². The average molecular weight is 419 g/mol. The highest BCUT2D eigenvalue weighted by molar-refractivity contribution is 5.95. The van der Waals surface area contributed by atoms with Crippen LogP contribution in [0.15, 0.2) is 54.7 Å². The van der Waals surface area contributed by atoms with Gasteiger partial charge in [0.1, 0.15) is 0 Å². The van der Waals surface area contributed by atoms with E-state index in [1.165, 1.54) is 22.2 Å². The maximum absolute atomic E-state index is 12.9. The molecular formula is C25H30N4O2. The maximum atomic E-state index is 12.9. The highest BCUT2D eigenvalue weighted by atomic mass is 16.3. The Bertz CT molecular complexity index is 1050.